The third kappa shape index (κ3) is 3.64. The van der Waals surface area contributed by atoms with E-state index in [-0.39, 0.29) is 12.3 Å². The van der Waals surface area contributed by atoms with Gasteiger partial charge in [-0.2, -0.15) is 0 Å². The van der Waals surface area contributed by atoms with Crippen LogP contribution in [0.3, 0.4) is 0 Å². The van der Waals surface area contributed by atoms with Crippen molar-refractivity contribution in [1.82, 2.24) is 0 Å². The lowest BCUT2D eigenvalue weighted by Gasteiger charge is -1.96. The SMILES string of the molecule is C=CCC([C]=O)C[C]=O. The third-order valence-electron chi connectivity index (χ3n) is 0.948. The van der Waals surface area contributed by atoms with E-state index in [0.29, 0.717) is 6.42 Å². The molecule has 0 aliphatic rings. The van der Waals surface area contributed by atoms with Gasteiger partial charge in [0, 0.05) is 12.3 Å². The molecule has 0 aliphatic heterocycles. The third-order valence-corrected chi connectivity index (χ3v) is 0.948. The molecule has 0 aromatic rings. The minimum atomic E-state index is -0.333. The Morgan fingerprint density at radius 3 is 2.56 bits per heavy atom. The van der Waals surface area contributed by atoms with Crippen molar-refractivity contribution in [2.24, 2.45) is 5.92 Å². The molecule has 1 atom stereocenters. The average Bonchev–Trinajstić information content (AvgIpc) is 1.88. The van der Waals surface area contributed by atoms with Crippen molar-refractivity contribution in [2.45, 2.75) is 12.8 Å². The van der Waals surface area contributed by atoms with Crippen molar-refractivity contribution in [1.29, 1.82) is 0 Å². The highest BCUT2D eigenvalue weighted by atomic mass is 16.1. The number of hydrogen-bond acceptors (Lipinski definition) is 2. The summed E-state index contributed by atoms with van der Waals surface area (Å²) in [5.74, 6) is -0.333. The molecule has 0 saturated heterocycles. The fraction of sp³-hybridized carbons (Fsp3) is 0.429. The van der Waals surface area contributed by atoms with Crippen LogP contribution in [0.25, 0.3) is 0 Å². The van der Waals surface area contributed by atoms with E-state index in [1.807, 2.05) is 0 Å². The Morgan fingerprint density at radius 1 is 1.56 bits per heavy atom. The van der Waals surface area contributed by atoms with Gasteiger partial charge in [-0.05, 0) is 6.42 Å². The summed E-state index contributed by atoms with van der Waals surface area (Å²) in [6.45, 7) is 3.42. The second-order valence-electron chi connectivity index (χ2n) is 1.69. The van der Waals surface area contributed by atoms with Crippen LogP contribution in [-0.2, 0) is 9.59 Å². The van der Waals surface area contributed by atoms with Gasteiger partial charge in [-0.3, -0.25) is 9.59 Å². The molecule has 1 unspecified atom stereocenters. The van der Waals surface area contributed by atoms with E-state index in [1.54, 1.807) is 18.6 Å². The minimum Gasteiger partial charge on any atom is -0.291 e. The first-order chi connectivity index (χ1) is 4.35. The van der Waals surface area contributed by atoms with E-state index in [2.05, 4.69) is 6.58 Å². The van der Waals surface area contributed by atoms with Gasteiger partial charge in [0.15, 0.2) is 6.29 Å². The van der Waals surface area contributed by atoms with Crippen LogP contribution in [0.4, 0.5) is 0 Å². The van der Waals surface area contributed by atoms with Gasteiger partial charge in [-0.25, -0.2) is 0 Å². The van der Waals surface area contributed by atoms with Crippen LogP contribution in [0.5, 0.6) is 0 Å². The van der Waals surface area contributed by atoms with E-state index in [0.717, 1.165) is 0 Å². The summed E-state index contributed by atoms with van der Waals surface area (Å²) in [6.07, 6.45) is 5.60. The smallest absolute Gasteiger partial charge is 0.202 e. The van der Waals surface area contributed by atoms with Crippen molar-refractivity contribution in [3.8, 4) is 0 Å². The van der Waals surface area contributed by atoms with Gasteiger partial charge < -0.3 is 0 Å². The quantitative estimate of drug-likeness (QED) is 0.508. The Morgan fingerprint density at radius 2 is 2.22 bits per heavy atom. The van der Waals surface area contributed by atoms with E-state index in [4.69, 9.17) is 0 Å². The molecule has 2 nitrogen and oxygen atoms in total. The summed E-state index contributed by atoms with van der Waals surface area (Å²) < 4.78 is 0. The minimum absolute atomic E-state index is 0.134. The summed E-state index contributed by atoms with van der Waals surface area (Å²) in [5.41, 5.74) is 0. The summed E-state index contributed by atoms with van der Waals surface area (Å²) in [7, 11) is 0. The first-order valence-electron chi connectivity index (χ1n) is 2.68. The highest BCUT2D eigenvalue weighted by Gasteiger charge is 2.03. The molecule has 0 fully saturated rings. The van der Waals surface area contributed by atoms with Gasteiger partial charge in [-0.15, -0.1) is 6.58 Å². The molecular formula is C7H8O2. The Kier molecular flexibility index (Phi) is 4.69. The van der Waals surface area contributed by atoms with Crippen LogP contribution in [0.2, 0.25) is 0 Å². The van der Waals surface area contributed by atoms with Gasteiger partial charge in [0.1, 0.15) is 0 Å². The number of rotatable bonds is 5. The topological polar surface area (TPSA) is 34.1 Å². The monoisotopic (exact) mass is 124 g/mol. The maximum absolute atomic E-state index is 9.93. The highest BCUT2D eigenvalue weighted by molar-refractivity contribution is 5.62. The zero-order valence-electron chi connectivity index (χ0n) is 5.09. The fourth-order valence-electron chi connectivity index (χ4n) is 0.475. The zero-order valence-corrected chi connectivity index (χ0v) is 5.09. The molecule has 0 spiro atoms. The normalized spacial score (nSPS) is 12.0. The summed E-state index contributed by atoms with van der Waals surface area (Å²) in [6, 6.07) is 0. The Labute approximate surface area is 54.6 Å². The van der Waals surface area contributed by atoms with Crippen molar-refractivity contribution in [3.05, 3.63) is 12.7 Å². The molecule has 0 saturated carbocycles. The van der Waals surface area contributed by atoms with E-state index < -0.39 is 0 Å². The summed E-state index contributed by atoms with van der Waals surface area (Å²) in [5, 5.41) is 0. The molecule has 0 rings (SSSR count). The van der Waals surface area contributed by atoms with Crippen molar-refractivity contribution < 1.29 is 9.59 Å². The molecule has 0 aliphatic carbocycles. The van der Waals surface area contributed by atoms with Crippen LogP contribution >= 0.6 is 0 Å². The number of allylic oxidation sites excluding steroid dienone is 1. The Balaban J connectivity index is 3.51. The molecule has 0 aromatic carbocycles. The lowest BCUT2D eigenvalue weighted by molar-refractivity contribution is 0.509. The molecule has 9 heavy (non-hydrogen) atoms. The maximum atomic E-state index is 9.93. The molecule has 0 bridgehead atoms. The largest absolute Gasteiger partial charge is 0.291 e. The van der Waals surface area contributed by atoms with Crippen LogP contribution in [0.15, 0.2) is 12.7 Å². The molecule has 48 valence electrons. The highest BCUT2D eigenvalue weighted by Crippen LogP contribution is 2.02. The first kappa shape index (κ1) is 8.08. The van der Waals surface area contributed by atoms with E-state index in [1.165, 1.54) is 0 Å². The fourth-order valence-corrected chi connectivity index (χ4v) is 0.475. The van der Waals surface area contributed by atoms with Crippen LogP contribution in [-0.4, -0.2) is 12.6 Å². The Hall–Kier alpha value is -0.920. The van der Waals surface area contributed by atoms with E-state index >= 15 is 0 Å². The van der Waals surface area contributed by atoms with E-state index in [9.17, 15) is 9.59 Å². The molecule has 0 aromatic heterocycles. The summed E-state index contributed by atoms with van der Waals surface area (Å²) in [4.78, 5) is 19.6. The van der Waals surface area contributed by atoms with Gasteiger partial charge in [0.25, 0.3) is 0 Å². The average molecular weight is 124 g/mol. The van der Waals surface area contributed by atoms with Crippen LogP contribution < -0.4 is 0 Å². The zero-order chi connectivity index (χ0) is 7.11. The predicted octanol–water partition coefficient (Wildman–Crippen LogP) is 0.788. The van der Waals surface area contributed by atoms with Crippen LogP contribution in [0.1, 0.15) is 12.8 Å². The molecule has 2 heteroatoms. The van der Waals surface area contributed by atoms with Crippen molar-refractivity contribution in [3.63, 3.8) is 0 Å². The first-order valence-corrected chi connectivity index (χ1v) is 2.68. The predicted molar refractivity (Wildman–Crippen MR) is 34.3 cm³/mol. The molecule has 0 amide bonds. The lowest BCUT2D eigenvalue weighted by atomic mass is 10.1. The van der Waals surface area contributed by atoms with Crippen molar-refractivity contribution >= 4 is 12.6 Å². The lowest BCUT2D eigenvalue weighted by Crippen LogP contribution is -1.99. The molecule has 2 radical (unpaired) electrons. The second-order valence-corrected chi connectivity index (χ2v) is 1.69. The maximum Gasteiger partial charge on any atom is 0.202 e. The number of hydrogen-bond donors (Lipinski definition) is 0. The molecular weight excluding hydrogens is 116 g/mol. The van der Waals surface area contributed by atoms with Gasteiger partial charge in [0.2, 0.25) is 6.29 Å². The van der Waals surface area contributed by atoms with Gasteiger partial charge in [-0.1, -0.05) is 6.08 Å². The number of carbonyl (C=O) groups excluding carboxylic acids is 2. The van der Waals surface area contributed by atoms with Crippen LogP contribution in [0, 0.1) is 5.92 Å². The second kappa shape index (κ2) is 5.22. The Bertz CT molecular complexity index is 97.5. The summed E-state index contributed by atoms with van der Waals surface area (Å²) >= 11 is 0. The van der Waals surface area contributed by atoms with Gasteiger partial charge in [0.05, 0.1) is 0 Å². The molecule has 0 N–H and O–H groups in total. The van der Waals surface area contributed by atoms with Gasteiger partial charge >= 0.3 is 0 Å². The molecule has 0 heterocycles. The van der Waals surface area contributed by atoms with Crippen molar-refractivity contribution in [2.75, 3.05) is 0 Å². The standard InChI is InChI=1S/C7H8O2/c1-2-3-7(6-9)4-5-8/h2,7H,1,3-4H2.